The number of aryl methyl sites for hydroxylation is 1. The Balaban J connectivity index is 1.62. The third-order valence-corrected chi connectivity index (χ3v) is 5.49. The van der Waals surface area contributed by atoms with Crippen LogP contribution in [0.3, 0.4) is 0 Å². The van der Waals surface area contributed by atoms with E-state index in [1.165, 1.54) is 38.5 Å². The fourth-order valence-electron chi connectivity index (χ4n) is 4.29. The second-order valence-electron chi connectivity index (χ2n) is 7.63. The van der Waals surface area contributed by atoms with Crippen LogP contribution in [0.1, 0.15) is 64.0 Å². The van der Waals surface area contributed by atoms with Crippen LogP contribution in [0, 0.1) is 5.41 Å². The molecule has 0 radical (unpaired) electrons. The van der Waals surface area contributed by atoms with E-state index in [-0.39, 0.29) is 0 Å². The molecule has 134 valence electrons. The number of rotatable bonds is 4. The molecule has 24 heavy (non-hydrogen) atoms. The van der Waals surface area contributed by atoms with Crippen molar-refractivity contribution in [2.75, 3.05) is 20.1 Å². The molecule has 2 aliphatic rings. The zero-order valence-electron chi connectivity index (χ0n) is 15.5. The number of fused-ring (bicyclic) bond motifs is 1. The number of guanidine groups is 1. The van der Waals surface area contributed by atoms with Gasteiger partial charge in [-0.3, -0.25) is 4.99 Å². The molecule has 1 aromatic rings. The lowest BCUT2D eigenvalue weighted by molar-refractivity contribution is 0.142. The van der Waals surface area contributed by atoms with Crippen LogP contribution >= 0.6 is 0 Å². The SMILES string of the molecule is CCCC1(C)CCCN(C(=NC)NCc2nnc3n2CCCC3)C1. The minimum absolute atomic E-state index is 0.415. The van der Waals surface area contributed by atoms with Crippen LogP contribution in [-0.4, -0.2) is 45.8 Å². The Kier molecular flexibility index (Phi) is 5.41. The first kappa shape index (κ1) is 17.2. The summed E-state index contributed by atoms with van der Waals surface area (Å²) in [4.78, 5) is 6.95. The van der Waals surface area contributed by atoms with Gasteiger partial charge in [0, 0.05) is 33.1 Å². The standard InChI is InChI=1S/C18H32N6/c1-4-9-18(2)10-7-11-23(14-18)17(19-3)20-13-16-22-21-15-8-5-6-12-24(15)16/h4-14H2,1-3H3,(H,19,20). The first-order valence-corrected chi connectivity index (χ1v) is 9.52. The van der Waals surface area contributed by atoms with Crippen molar-refractivity contribution >= 4 is 5.96 Å². The minimum atomic E-state index is 0.415. The van der Waals surface area contributed by atoms with E-state index in [0.717, 1.165) is 43.7 Å². The highest BCUT2D eigenvalue weighted by molar-refractivity contribution is 5.79. The predicted octanol–water partition coefficient (Wildman–Crippen LogP) is 2.59. The Morgan fingerprint density at radius 1 is 1.25 bits per heavy atom. The summed E-state index contributed by atoms with van der Waals surface area (Å²) in [5.74, 6) is 3.19. The van der Waals surface area contributed by atoms with Gasteiger partial charge in [-0.1, -0.05) is 20.3 Å². The molecule has 1 atom stereocenters. The maximum absolute atomic E-state index is 4.52. The molecule has 0 bridgehead atoms. The number of nitrogens with zero attached hydrogens (tertiary/aromatic N) is 5. The molecule has 6 nitrogen and oxygen atoms in total. The summed E-state index contributed by atoms with van der Waals surface area (Å²) in [6.45, 7) is 8.66. The van der Waals surface area contributed by atoms with Crippen molar-refractivity contribution in [2.45, 2.75) is 71.9 Å². The van der Waals surface area contributed by atoms with Crippen molar-refractivity contribution in [3.8, 4) is 0 Å². The van der Waals surface area contributed by atoms with E-state index in [1.54, 1.807) is 0 Å². The Morgan fingerprint density at radius 3 is 2.92 bits per heavy atom. The monoisotopic (exact) mass is 332 g/mol. The van der Waals surface area contributed by atoms with Crippen LogP contribution in [0.25, 0.3) is 0 Å². The molecule has 0 aliphatic carbocycles. The van der Waals surface area contributed by atoms with Gasteiger partial charge in [0.1, 0.15) is 5.82 Å². The lowest BCUT2D eigenvalue weighted by Gasteiger charge is -2.42. The molecule has 0 saturated carbocycles. The summed E-state index contributed by atoms with van der Waals surface area (Å²) in [6.07, 6.45) is 8.64. The molecule has 1 saturated heterocycles. The number of piperidine rings is 1. The molecule has 2 aliphatic heterocycles. The van der Waals surface area contributed by atoms with E-state index in [0.29, 0.717) is 12.0 Å². The minimum Gasteiger partial charge on any atom is -0.349 e. The van der Waals surface area contributed by atoms with E-state index in [4.69, 9.17) is 0 Å². The van der Waals surface area contributed by atoms with Crippen LogP contribution in [0.5, 0.6) is 0 Å². The Bertz CT molecular complexity index is 574. The van der Waals surface area contributed by atoms with Gasteiger partial charge in [0.15, 0.2) is 11.8 Å². The zero-order chi connectivity index (χ0) is 17.0. The number of aliphatic imine (C=N–C) groups is 1. The van der Waals surface area contributed by atoms with E-state index in [1.807, 2.05) is 7.05 Å². The van der Waals surface area contributed by atoms with Gasteiger partial charge in [-0.2, -0.15) is 0 Å². The van der Waals surface area contributed by atoms with E-state index >= 15 is 0 Å². The molecule has 1 unspecified atom stereocenters. The number of hydrogen-bond acceptors (Lipinski definition) is 3. The lowest BCUT2D eigenvalue weighted by atomic mass is 9.78. The van der Waals surface area contributed by atoms with Gasteiger partial charge in [-0.25, -0.2) is 0 Å². The zero-order valence-corrected chi connectivity index (χ0v) is 15.5. The third-order valence-electron chi connectivity index (χ3n) is 5.49. The van der Waals surface area contributed by atoms with Crippen LogP contribution in [0.4, 0.5) is 0 Å². The predicted molar refractivity (Wildman–Crippen MR) is 97.0 cm³/mol. The van der Waals surface area contributed by atoms with Gasteiger partial charge in [0.2, 0.25) is 0 Å². The number of nitrogens with one attached hydrogen (secondary N) is 1. The van der Waals surface area contributed by atoms with Gasteiger partial charge in [0.05, 0.1) is 6.54 Å². The summed E-state index contributed by atoms with van der Waals surface area (Å²) in [6, 6.07) is 0. The van der Waals surface area contributed by atoms with Crippen molar-refractivity contribution < 1.29 is 0 Å². The molecule has 0 aromatic carbocycles. The highest BCUT2D eigenvalue weighted by Gasteiger charge is 2.31. The van der Waals surface area contributed by atoms with Crippen molar-refractivity contribution in [3.05, 3.63) is 11.6 Å². The van der Waals surface area contributed by atoms with Gasteiger partial charge in [-0.15, -0.1) is 10.2 Å². The largest absolute Gasteiger partial charge is 0.349 e. The van der Waals surface area contributed by atoms with Crippen molar-refractivity contribution in [1.29, 1.82) is 0 Å². The second kappa shape index (κ2) is 7.53. The Labute approximate surface area is 145 Å². The Hall–Kier alpha value is -1.59. The molecule has 1 aromatic heterocycles. The topological polar surface area (TPSA) is 58.3 Å². The lowest BCUT2D eigenvalue weighted by Crippen LogP contribution is -2.49. The first-order chi connectivity index (χ1) is 11.6. The summed E-state index contributed by atoms with van der Waals surface area (Å²) in [5.41, 5.74) is 0.415. The molecule has 1 fully saturated rings. The van der Waals surface area contributed by atoms with Gasteiger partial charge < -0.3 is 14.8 Å². The molecule has 6 heteroatoms. The van der Waals surface area contributed by atoms with E-state index in [9.17, 15) is 0 Å². The molecular weight excluding hydrogens is 300 g/mol. The third kappa shape index (κ3) is 3.73. The normalized spacial score (nSPS) is 24.8. The van der Waals surface area contributed by atoms with Gasteiger partial charge in [-0.05, 0) is 37.5 Å². The van der Waals surface area contributed by atoms with Crippen LogP contribution in [0.2, 0.25) is 0 Å². The van der Waals surface area contributed by atoms with Crippen molar-refractivity contribution in [2.24, 2.45) is 10.4 Å². The quantitative estimate of drug-likeness (QED) is 0.680. The molecule has 3 rings (SSSR count). The molecule has 0 spiro atoms. The number of aromatic nitrogens is 3. The smallest absolute Gasteiger partial charge is 0.194 e. The van der Waals surface area contributed by atoms with Crippen molar-refractivity contribution in [1.82, 2.24) is 25.0 Å². The summed E-state index contributed by atoms with van der Waals surface area (Å²) in [7, 11) is 1.88. The fraction of sp³-hybridized carbons (Fsp3) is 0.833. The molecule has 0 amide bonds. The number of hydrogen-bond donors (Lipinski definition) is 1. The summed E-state index contributed by atoms with van der Waals surface area (Å²) in [5, 5.41) is 12.2. The maximum atomic E-state index is 4.52. The molecule has 1 N–H and O–H groups in total. The van der Waals surface area contributed by atoms with Crippen molar-refractivity contribution in [3.63, 3.8) is 0 Å². The van der Waals surface area contributed by atoms with E-state index in [2.05, 4.69) is 43.8 Å². The van der Waals surface area contributed by atoms with Gasteiger partial charge >= 0.3 is 0 Å². The highest BCUT2D eigenvalue weighted by Crippen LogP contribution is 2.33. The molecule has 3 heterocycles. The Morgan fingerprint density at radius 2 is 2.12 bits per heavy atom. The van der Waals surface area contributed by atoms with Crippen LogP contribution in [0.15, 0.2) is 4.99 Å². The average Bonchev–Trinajstić information content (AvgIpc) is 2.99. The average molecular weight is 332 g/mol. The van der Waals surface area contributed by atoms with Crippen LogP contribution in [-0.2, 0) is 19.5 Å². The number of likely N-dealkylation sites (tertiary alicyclic amines) is 1. The van der Waals surface area contributed by atoms with E-state index < -0.39 is 0 Å². The van der Waals surface area contributed by atoms with Crippen LogP contribution < -0.4 is 5.32 Å². The highest BCUT2D eigenvalue weighted by atomic mass is 15.3. The summed E-state index contributed by atoms with van der Waals surface area (Å²) < 4.78 is 2.28. The second-order valence-corrected chi connectivity index (χ2v) is 7.63. The van der Waals surface area contributed by atoms with Gasteiger partial charge in [0.25, 0.3) is 0 Å². The first-order valence-electron chi connectivity index (χ1n) is 9.52. The maximum Gasteiger partial charge on any atom is 0.194 e. The summed E-state index contributed by atoms with van der Waals surface area (Å²) >= 11 is 0. The molecular formula is C18H32N6. The fourth-order valence-corrected chi connectivity index (χ4v) is 4.29.